The Morgan fingerprint density at radius 2 is 2.00 bits per heavy atom. The van der Waals surface area contributed by atoms with Gasteiger partial charge in [-0.2, -0.15) is 0 Å². The zero-order chi connectivity index (χ0) is 12.3. The summed E-state index contributed by atoms with van der Waals surface area (Å²) in [6.45, 7) is 4.17. The smallest absolute Gasteiger partial charge is 0.0885 e. The van der Waals surface area contributed by atoms with E-state index in [2.05, 4.69) is 44.2 Å². The van der Waals surface area contributed by atoms with Crippen molar-refractivity contribution in [3.8, 4) is 0 Å². The van der Waals surface area contributed by atoms with Gasteiger partial charge in [0.15, 0.2) is 0 Å². The van der Waals surface area contributed by atoms with Crippen LogP contribution in [-0.2, 0) is 6.42 Å². The molecule has 0 bridgehead atoms. The minimum absolute atomic E-state index is 0.325. The van der Waals surface area contributed by atoms with Crippen LogP contribution in [0.1, 0.15) is 33.4 Å². The molecule has 1 aromatic carbocycles. The molecule has 2 rings (SSSR count). The Morgan fingerprint density at radius 1 is 1.18 bits per heavy atom. The van der Waals surface area contributed by atoms with Crippen molar-refractivity contribution in [3.05, 3.63) is 57.3 Å². The summed E-state index contributed by atoms with van der Waals surface area (Å²) in [6.07, 6.45) is 1.40. The van der Waals surface area contributed by atoms with E-state index in [1.165, 1.54) is 16.0 Å². The van der Waals surface area contributed by atoms with Crippen molar-refractivity contribution >= 4 is 11.3 Å². The summed E-state index contributed by atoms with van der Waals surface area (Å²) in [4.78, 5) is 2.34. The first-order chi connectivity index (χ1) is 8.15. The van der Waals surface area contributed by atoms with Gasteiger partial charge >= 0.3 is 0 Å². The van der Waals surface area contributed by atoms with Gasteiger partial charge in [-0.3, -0.25) is 0 Å². The Bertz CT molecular complexity index is 487. The highest BCUT2D eigenvalue weighted by Crippen LogP contribution is 2.26. The topological polar surface area (TPSA) is 20.2 Å². The molecular weight excluding hydrogens is 228 g/mol. The molecule has 1 N–H and O–H groups in total. The maximum absolute atomic E-state index is 10.1. The van der Waals surface area contributed by atoms with Crippen molar-refractivity contribution in [2.75, 3.05) is 0 Å². The summed E-state index contributed by atoms with van der Waals surface area (Å²) < 4.78 is 0. The molecule has 0 spiro atoms. The Labute approximate surface area is 107 Å². The molecule has 90 valence electrons. The van der Waals surface area contributed by atoms with Gasteiger partial charge < -0.3 is 5.11 Å². The quantitative estimate of drug-likeness (QED) is 0.863. The van der Waals surface area contributed by atoms with Crippen LogP contribution in [0.25, 0.3) is 0 Å². The molecule has 0 aliphatic rings. The fraction of sp³-hybridized carbons (Fsp3) is 0.333. The monoisotopic (exact) mass is 246 g/mol. The minimum Gasteiger partial charge on any atom is -0.388 e. The molecule has 2 heteroatoms. The van der Waals surface area contributed by atoms with E-state index in [1.807, 2.05) is 6.07 Å². The number of benzene rings is 1. The second kappa shape index (κ2) is 5.48. The van der Waals surface area contributed by atoms with Gasteiger partial charge in [-0.25, -0.2) is 0 Å². The molecule has 17 heavy (non-hydrogen) atoms. The molecule has 1 unspecified atom stereocenters. The molecule has 1 atom stereocenters. The Morgan fingerprint density at radius 3 is 2.65 bits per heavy atom. The van der Waals surface area contributed by atoms with Gasteiger partial charge in [0.1, 0.15) is 0 Å². The Balaban J connectivity index is 1.94. The molecule has 0 amide bonds. The van der Waals surface area contributed by atoms with E-state index in [0.29, 0.717) is 0 Å². The fourth-order valence-corrected chi connectivity index (χ4v) is 2.84. The van der Waals surface area contributed by atoms with E-state index in [-0.39, 0.29) is 6.10 Å². The molecule has 1 heterocycles. The molecule has 0 saturated heterocycles. The highest BCUT2D eigenvalue weighted by atomic mass is 32.1. The van der Waals surface area contributed by atoms with Gasteiger partial charge in [0.25, 0.3) is 0 Å². The van der Waals surface area contributed by atoms with Crippen LogP contribution in [0.2, 0.25) is 0 Å². The second-order valence-corrected chi connectivity index (χ2v) is 5.81. The van der Waals surface area contributed by atoms with Crippen molar-refractivity contribution in [2.45, 2.75) is 32.8 Å². The van der Waals surface area contributed by atoms with Crippen LogP contribution >= 0.6 is 11.3 Å². The van der Waals surface area contributed by atoms with Crippen LogP contribution in [0.4, 0.5) is 0 Å². The summed E-state index contributed by atoms with van der Waals surface area (Å²) >= 11 is 1.68. The number of aliphatic hydroxyl groups excluding tert-OH is 1. The van der Waals surface area contributed by atoms with Crippen LogP contribution in [0.15, 0.2) is 36.4 Å². The molecule has 0 aliphatic carbocycles. The van der Waals surface area contributed by atoms with Crippen molar-refractivity contribution < 1.29 is 5.11 Å². The van der Waals surface area contributed by atoms with E-state index >= 15 is 0 Å². The van der Waals surface area contributed by atoms with Crippen LogP contribution in [0, 0.1) is 13.8 Å². The first-order valence-electron chi connectivity index (χ1n) is 5.95. The number of aliphatic hydroxyl groups is 1. The normalized spacial score (nSPS) is 12.6. The second-order valence-electron chi connectivity index (χ2n) is 4.49. The zero-order valence-electron chi connectivity index (χ0n) is 10.3. The van der Waals surface area contributed by atoms with Gasteiger partial charge in [-0.05, 0) is 44.4 Å². The molecule has 1 aromatic heterocycles. The fourth-order valence-electron chi connectivity index (χ4n) is 1.95. The molecule has 0 radical (unpaired) electrons. The Hall–Kier alpha value is -1.12. The first-order valence-corrected chi connectivity index (χ1v) is 6.77. The van der Waals surface area contributed by atoms with Gasteiger partial charge in [0.2, 0.25) is 0 Å². The highest BCUT2D eigenvalue weighted by Gasteiger charge is 2.09. The lowest BCUT2D eigenvalue weighted by Crippen LogP contribution is -1.97. The van der Waals surface area contributed by atoms with Crippen LogP contribution < -0.4 is 0 Å². The maximum Gasteiger partial charge on any atom is 0.0885 e. The SMILES string of the molecule is Cc1cccc(CCC(O)c2ccc(C)s2)c1. The van der Waals surface area contributed by atoms with E-state index in [0.717, 1.165) is 17.7 Å². The lowest BCUT2D eigenvalue weighted by atomic mass is 10.0. The number of rotatable bonds is 4. The van der Waals surface area contributed by atoms with Gasteiger partial charge in [-0.15, -0.1) is 11.3 Å². The van der Waals surface area contributed by atoms with Crippen LogP contribution in [0.5, 0.6) is 0 Å². The Kier molecular flexibility index (Phi) is 3.97. The molecule has 1 nitrogen and oxygen atoms in total. The lowest BCUT2D eigenvalue weighted by molar-refractivity contribution is 0.171. The third-order valence-corrected chi connectivity index (χ3v) is 3.98. The summed E-state index contributed by atoms with van der Waals surface area (Å²) in [5.41, 5.74) is 2.58. The number of hydrogen-bond acceptors (Lipinski definition) is 2. The van der Waals surface area contributed by atoms with E-state index in [4.69, 9.17) is 0 Å². The summed E-state index contributed by atoms with van der Waals surface area (Å²) in [7, 11) is 0. The third kappa shape index (κ3) is 3.42. The summed E-state index contributed by atoms with van der Waals surface area (Å²) in [5, 5.41) is 10.1. The van der Waals surface area contributed by atoms with Crippen molar-refractivity contribution in [1.82, 2.24) is 0 Å². The lowest BCUT2D eigenvalue weighted by Gasteiger charge is -2.08. The minimum atomic E-state index is -0.325. The summed E-state index contributed by atoms with van der Waals surface area (Å²) in [6, 6.07) is 12.6. The molecule has 0 saturated carbocycles. The number of aryl methyl sites for hydroxylation is 3. The van der Waals surface area contributed by atoms with Crippen molar-refractivity contribution in [1.29, 1.82) is 0 Å². The average molecular weight is 246 g/mol. The van der Waals surface area contributed by atoms with Gasteiger partial charge in [-0.1, -0.05) is 29.8 Å². The summed E-state index contributed by atoms with van der Waals surface area (Å²) in [5.74, 6) is 0. The largest absolute Gasteiger partial charge is 0.388 e. The van der Waals surface area contributed by atoms with E-state index < -0.39 is 0 Å². The third-order valence-electron chi connectivity index (χ3n) is 2.88. The first kappa shape index (κ1) is 12.3. The van der Waals surface area contributed by atoms with Gasteiger partial charge in [0.05, 0.1) is 6.10 Å². The molecular formula is C15H18OS. The molecule has 2 aromatic rings. The van der Waals surface area contributed by atoms with Crippen LogP contribution in [-0.4, -0.2) is 5.11 Å². The molecule has 0 fully saturated rings. The molecule has 0 aliphatic heterocycles. The highest BCUT2D eigenvalue weighted by molar-refractivity contribution is 7.12. The van der Waals surface area contributed by atoms with Crippen molar-refractivity contribution in [2.24, 2.45) is 0 Å². The average Bonchev–Trinajstić information content (AvgIpc) is 2.73. The maximum atomic E-state index is 10.1. The van der Waals surface area contributed by atoms with Crippen LogP contribution in [0.3, 0.4) is 0 Å². The number of thiophene rings is 1. The number of hydrogen-bond donors (Lipinski definition) is 1. The zero-order valence-corrected chi connectivity index (χ0v) is 11.1. The predicted molar refractivity (Wildman–Crippen MR) is 73.5 cm³/mol. The van der Waals surface area contributed by atoms with E-state index in [1.54, 1.807) is 11.3 Å². The van der Waals surface area contributed by atoms with Gasteiger partial charge in [0, 0.05) is 9.75 Å². The standard InChI is InChI=1S/C15H18OS/c1-11-4-3-5-13(10-11)7-8-14(16)15-9-6-12(2)17-15/h3-6,9-10,14,16H,7-8H2,1-2H3. The van der Waals surface area contributed by atoms with E-state index in [9.17, 15) is 5.11 Å². The van der Waals surface area contributed by atoms with Crippen molar-refractivity contribution in [3.63, 3.8) is 0 Å². The predicted octanol–water partition coefficient (Wildman–Crippen LogP) is 4.03.